The number of nitrogens with one attached hydrogen (secondary N) is 1. The molecule has 0 amide bonds. The van der Waals surface area contributed by atoms with Gasteiger partial charge >= 0.3 is 0 Å². The summed E-state index contributed by atoms with van der Waals surface area (Å²) in [6, 6.07) is 1.48. The predicted molar refractivity (Wildman–Crippen MR) is 86.9 cm³/mol. The second-order valence-corrected chi connectivity index (χ2v) is 10.5. The number of hydrogen-bond acceptors (Lipinski definition) is 3. The molecule has 1 aliphatic rings. The van der Waals surface area contributed by atoms with E-state index in [2.05, 4.69) is 36.6 Å². The first kappa shape index (κ1) is 16.2. The largest absolute Gasteiger partial charge is 0.250 e. The Morgan fingerprint density at radius 1 is 1.42 bits per heavy atom. The summed E-state index contributed by atoms with van der Waals surface area (Å²) in [5.74, 6) is 0.363. The molecule has 2 atom stereocenters. The Morgan fingerprint density at radius 3 is 2.68 bits per heavy atom. The van der Waals surface area contributed by atoms with Crippen molar-refractivity contribution in [1.82, 2.24) is 4.72 Å². The minimum Gasteiger partial charge on any atom is -0.210 e. The van der Waals surface area contributed by atoms with E-state index in [0.29, 0.717) is 26.1 Å². The highest BCUT2D eigenvalue weighted by Crippen LogP contribution is 2.35. The summed E-state index contributed by atoms with van der Waals surface area (Å²) in [7, 11) is -3.45. The van der Waals surface area contributed by atoms with E-state index in [1.165, 1.54) is 18.9 Å². The van der Waals surface area contributed by atoms with Crippen LogP contribution >= 0.6 is 54.8 Å². The normalized spacial score (nSPS) is 24.6. The van der Waals surface area contributed by atoms with Gasteiger partial charge in [0.05, 0.1) is 8.81 Å². The molecular formula is C11H14Br2ClNO2S2. The lowest BCUT2D eigenvalue weighted by Gasteiger charge is -2.27. The van der Waals surface area contributed by atoms with Crippen molar-refractivity contribution in [2.24, 2.45) is 5.92 Å². The van der Waals surface area contributed by atoms with Gasteiger partial charge in [-0.1, -0.05) is 40.4 Å². The fraction of sp³-hybridized carbons (Fsp3) is 0.636. The summed E-state index contributed by atoms with van der Waals surface area (Å²) in [5, 5.41) is 0.432. The molecule has 0 aliphatic heterocycles. The van der Waals surface area contributed by atoms with Gasteiger partial charge in [0.15, 0.2) is 0 Å². The minimum absolute atomic E-state index is 0.256. The smallest absolute Gasteiger partial charge is 0.210 e. The van der Waals surface area contributed by atoms with Crippen molar-refractivity contribution < 1.29 is 8.42 Å². The van der Waals surface area contributed by atoms with Crippen LogP contribution in [0.25, 0.3) is 0 Å². The van der Waals surface area contributed by atoms with E-state index in [0.717, 1.165) is 24.2 Å². The van der Waals surface area contributed by atoms with Gasteiger partial charge in [-0.2, -0.15) is 0 Å². The minimum atomic E-state index is -3.45. The number of thiophene rings is 1. The Morgan fingerprint density at radius 2 is 2.11 bits per heavy atom. The molecule has 0 saturated heterocycles. The van der Waals surface area contributed by atoms with Crippen molar-refractivity contribution in [1.29, 1.82) is 0 Å². The molecule has 0 aromatic carbocycles. The van der Waals surface area contributed by atoms with E-state index in [4.69, 9.17) is 11.6 Å². The molecule has 1 fully saturated rings. The SMILES string of the molecule is O=S(=O)(NCC1CCCCC1Br)c1cc(Cl)c(Br)s1. The van der Waals surface area contributed by atoms with Crippen molar-refractivity contribution in [3.8, 4) is 0 Å². The standard InChI is InChI=1S/C11H14Br2ClNO2S2/c12-8-4-2-1-3-7(8)6-15-19(16,17)10-5-9(14)11(13)18-10/h5,7-8,15H,1-4,6H2. The average molecular weight is 452 g/mol. The van der Waals surface area contributed by atoms with Crippen LogP contribution < -0.4 is 4.72 Å². The third kappa shape index (κ3) is 4.17. The summed E-state index contributed by atoms with van der Waals surface area (Å²) >= 11 is 13.9. The Hall–Kier alpha value is 0.860. The lowest BCUT2D eigenvalue weighted by atomic mass is 9.89. The van der Waals surface area contributed by atoms with Gasteiger partial charge in [0.25, 0.3) is 0 Å². The monoisotopic (exact) mass is 449 g/mol. The fourth-order valence-electron chi connectivity index (χ4n) is 2.14. The van der Waals surface area contributed by atoms with Gasteiger partial charge in [0.2, 0.25) is 10.0 Å². The van der Waals surface area contributed by atoms with Crippen LogP contribution in [0.1, 0.15) is 25.7 Å². The molecule has 1 aromatic heterocycles. The third-order valence-corrected chi connectivity index (χ3v) is 8.82. The first-order chi connectivity index (χ1) is 8.90. The molecule has 3 nitrogen and oxygen atoms in total. The maximum atomic E-state index is 12.2. The van der Waals surface area contributed by atoms with Gasteiger partial charge in [-0.3, -0.25) is 0 Å². The quantitative estimate of drug-likeness (QED) is 0.690. The number of alkyl halides is 1. The highest BCUT2D eigenvalue weighted by Gasteiger charge is 2.26. The van der Waals surface area contributed by atoms with Crippen LogP contribution in [0.5, 0.6) is 0 Å². The molecule has 1 saturated carbocycles. The van der Waals surface area contributed by atoms with Crippen LogP contribution in [-0.4, -0.2) is 19.8 Å². The summed E-state index contributed by atoms with van der Waals surface area (Å²) in [4.78, 5) is 0.405. The van der Waals surface area contributed by atoms with Crippen LogP contribution in [0.3, 0.4) is 0 Å². The van der Waals surface area contributed by atoms with Gasteiger partial charge in [-0.05, 0) is 40.8 Å². The summed E-state index contributed by atoms with van der Waals surface area (Å²) in [6.45, 7) is 0.478. The highest BCUT2D eigenvalue weighted by molar-refractivity contribution is 9.11. The molecule has 1 aliphatic carbocycles. The van der Waals surface area contributed by atoms with E-state index in [1.807, 2.05) is 0 Å². The van der Waals surface area contributed by atoms with Crippen molar-refractivity contribution in [3.05, 3.63) is 14.9 Å². The molecular weight excluding hydrogens is 438 g/mol. The average Bonchev–Trinajstić information content (AvgIpc) is 2.70. The van der Waals surface area contributed by atoms with Crippen LogP contribution in [-0.2, 0) is 10.0 Å². The predicted octanol–water partition coefficient (Wildman–Crippen LogP) is 4.40. The topological polar surface area (TPSA) is 46.2 Å². The zero-order valence-electron chi connectivity index (χ0n) is 10.0. The molecule has 1 N–H and O–H groups in total. The molecule has 0 spiro atoms. The molecule has 2 rings (SSSR count). The summed E-state index contributed by atoms with van der Waals surface area (Å²) < 4.78 is 27.9. The van der Waals surface area contributed by atoms with Gasteiger partial charge in [0.1, 0.15) is 4.21 Å². The maximum Gasteiger partial charge on any atom is 0.250 e. The maximum absolute atomic E-state index is 12.2. The molecule has 8 heteroatoms. The van der Waals surface area contributed by atoms with Crippen LogP contribution in [0.4, 0.5) is 0 Å². The Kier molecular flexibility index (Phi) is 5.77. The summed E-state index contributed by atoms with van der Waals surface area (Å²) in [5.41, 5.74) is 0. The van der Waals surface area contributed by atoms with Crippen LogP contribution in [0.2, 0.25) is 5.02 Å². The molecule has 0 bridgehead atoms. The second kappa shape index (κ2) is 6.75. The lowest BCUT2D eigenvalue weighted by Crippen LogP contribution is -2.34. The van der Waals surface area contributed by atoms with Crippen LogP contribution in [0, 0.1) is 5.92 Å². The number of halogens is 3. The second-order valence-electron chi connectivity index (χ2n) is 4.60. The molecule has 108 valence electrons. The number of hydrogen-bond donors (Lipinski definition) is 1. The highest BCUT2D eigenvalue weighted by atomic mass is 79.9. The Labute approximate surface area is 139 Å². The zero-order valence-corrected chi connectivity index (χ0v) is 15.6. The van der Waals surface area contributed by atoms with Crippen LogP contribution in [0.15, 0.2) is 14.1 Å². The fourth-order valence-corrected chi connectivity index (χ4v) is 6.45. The van der Waals surface area contributed by atoms with Gasteiger partial charge in [-0.25, -0.2) is 13.1 Å². The molecule has 19 heavy (non-hydrogen) atoms. The van der Waals surface area contributed by atoms with Gasteiger partial charge in [-0.15, -0.1) is 11.3 Å². The van der Waals surface area contributed by atoms with Crippen molar-refractivity contribution in [2.45, 2.75) is 34.7 Å². The van der Waals surface area contributed by atoms with Gasteiger partial charge < -0.3 is 0 Å². The number of rotatable bonds is 4. The van der Waals surface area contributed by atoms with E-state index < -0.39 is 10.0 Å². The van der Waals surface area contributed by atoms with Crippen molar-refractivity contribution in [2.75, 3.05) is 6.54 Å². The van der Waals surface area contributed by atoms with E-state index in [1.54, 1.807) is 0 Å². The molecule has 0 radical (unpaired) electrons. The zero-order chi connectivity index (χ0) is 14.0. The van der Waals surface area contributed by atoms with Crippen molar-refractivity contribution >= 4 is 64.8 Å². The first-order valence-electron chi connectivity index (χ1n) is 5.98. The lowest BCUT2D eigenvalue weighted by molar-refractivity contribution is 0.373. The molecule has 1 heterocycles. The first-order valence-corrected chi connectivity index (χ1v) is 10.4. The third-order valence-electron chi connectivity index (χ3n) is 3.24. The Balaban J connectivity index is 2.01. The van der Waals surface area contributed by atoms with E-state index in [-0.39, 0.29) is 4.21 Å². The molecule has 2 unspecified atom stereocenters. The van der Waals surface area contributed by atoms with Gasteiger partial charge in [0, 0.05) is 11.4 Å². The number of sulfonamides is 1. The summed E-state index contributed by atoms with van der Waals surface area (Å²) in [6.07, 6.45) is 4.56. The Bertz CT molecular complexity index is 527. The van der Waals surface area contributed by atoms with E-state index in [9.17, 15) is 8.42 Å². The van der Waals surface area contributed by atoms with E-state index >= 15 is 0 Å². The van der Waals surface area contributed by atoms with Crippen molar-refractivity contribution in [3.63, 3.8) is 0 Å². The molecule has 1 aromatic rings.